The van der Waals surface area contributed by atoms with Gasteiger partial charge in [-0.15, -0.1) is 0 Å². The predicted molar refractivity (Wildman–Crippen MR) is 80.3 cm³/mol. The number of nitrogens with zero attached hydrogens (tertiary/aromatic N) is 1. The van der Waals surface area contributed by atoms with Crippen LogP contribution in [0.1, 0.15) is 31.7 Å². The highest BCUT2D eigenvalue weighted by atomic mass is 16.5. The van der Waals surface area contributed by atoms with Gasteiger partial charge in [0.25, 0.3) is 0 Å². The van der Waals surface area contributed by atoms with Crippen molar-refractivity contribution >= 4 is 5.97 Å². The second kappa shape index (κ2) is 7.85. The minimum Gasteiger partial charge on any atom is -0.463 e. The Balaban J connectivity index is 1.98. The summed E-state index contributed by atoms with van der Waals surface area (Å²) in [6, 6.07) is 10.5. The van der Waals surface area contributed by atoms with Crippen LogP contribution in [0.25, 0.3) is 0 Å². The third kappa shape index (κ3) is 4.82. The first-order valence-electron chi connectivity index (χ1n) is 7.40. The van der Waals surface area contributed by atoms with Crippen LogP contribution in [0.15, 0.2) is 42.0 Å². The molecule has 0 saturated carbocycles. The third-order valence-corrected chi connectivity index (χ3v) is 3.51. The van der Waals surface area contributed by atoms with Crippen molar-refractivity contribution in [2.24, 2.45) is 0 Å². The molecule has 1 saturated heterocycles. The van der Waals surface area contributed by atoms with Crippen molar-refractivity contribution in [3.63, 3.8) is 0 Å². The van der Waals surface area contributed by atoms with Crippen LogP contribution in [0.4, 0.5) is 0 Å². The van der Waals surface area contributed by atoms with Crippen LogP contribution >= 0.6 is 0 Å². The normalized spacial score (nSPS) is 18.8. The van der Waals surface area contributed by atoms with Gasteiger partial charge < -0.3 is 4.74 Å². The van der Waals surface area contributed by atoms with Gasteiger partial charge in [-0.25, -0.2) is 4.79 Å². The van der Waals surface area contributed by atoms with E-state index in [2.05, 4.69) is 29.2 Å². The molecule has 3 nitrogen and oxygen atoms in total. The minimum absolute atomic E-state index is 0.205. The van der Waals surface area contributed by atoms with Gasteiger partial charge in [0, 0.05) is 19.2 Å². The number of carbonyl (C=O) groups is 1. The molecule has 1 aliphatic rings. The van der Waals surface area contributed by atoms with Gasteiger partial charge in [0.1, 0.15) is 0 Å². The van der Waals surface area contributed by atoms with E-state index >= 15 is 0 Å². The van der Waals surface area contributed by atoms with Crippen molar-refractivity contribution in [3.05, 3.63) is 47.5 Å². The van der Waals surface area contributed by atoms with E-state index < -0.39 is 0 Å². The smallest absolute Gasteiger partial charge is 0.330 e. The Kier molecular flexibility index (Phi) is 5.81. The van der Waals surface area contributed by atoms with Crippen molar-refractivity contribution in [1.29, 1.82) is 0 Å². The van der Waals surface area contributed by atoms with Gasteiger partial charge in [0.05, 0.1) is 6.61 Å². The third-order valence-electron chi connectivity index (χ3n) is 3.51. The van der Waals surface area contributed by atoms with E-state index in [1.807, 2.05) is 13.0 Å². The molecule has 0 atom stereocenters. The Labute approximate surface area is 121 Å². The zero-order chi connectivity index (χ0) is 14.2. The summed E-state index contributed by atoms with van der Waals surface area (Å²) in [6.45, 7) is 5.19. The standard InChI is InChI=1S/C17H23NO2/c1-2-20-17(19)12-16-10-6-7-11-18(14-16)13-15-8-4-3-5-9-15/h3-5,8-9,12H,2,6-7,10-11,13-14H2,1H3. The van der Waals surface area contributed by atoms with Gasteiger partial charge in [-0.05, 0) is 43.9 Å². The van der Waals surface area contributed by atoms with Crippen LogP contribution in [0.5, 0.6) is 0 Å². The van der Waals surface area contributed by atoms with Gasteiger partial charge in [-0.1, -0.05) is 30.3 Å². The average molecular weight is 273 g/mol. The van der Waals surface area contributed by atoms with Crippen LogP contribution in [0.2, 0.25) is 0 Å². The van der Waals surface area contributed by atoms with Gasteiger partial charge in [-0.3, -0.25) is 4.90 Å². The highest BCUT2D eigenvalue weighted by Gasteiger charge is 2.14. The lowest BCUT2D eigenvalue weighted by Gasteiger charge is -2.20. The molecule has 0 radical (unpaired) electrons. The monoisotopic (exact) mass is 273 g/mol. The van der Waals surface area contributed by atoms with Crippen LogP contribution in [-0.4, -0.2) is 30.6 Å². The van der Waals surface area contributed by atoms with Crippen molar-refractivity contribution in [2.45, 2.75) is 32.7 Å². The van der Waals surface area contributed by atoms with Crippen molar-refractivity contribution < 1.29 is 9.53 Å². The number of rotatable bonds is 4. The van der Waals surface area contributed by atoms with E-state index in [9.17, 15) is 4.79 Å². The van der Waals surface area contributed by atoms with E-state index in [0.29, 0.717) is 6.61 Å². The number of likely N-dealkylation sites (tertiary alicyclic amines) is 1. The summed E-state index contributed by atoms with van der Waals surface area (Å²) >= 11 is 0. The summed E-state index contributed by atoms with van der Waals surface area (Å²) < 4.78 is 5.01. The Hall–Kier alpha value is -1.61. The van der Waals surface area contributed by atoms with Crippen molar-refractivity contribution in [2.75, 3.05) is 19.7 Å². The molecule has 0 spiro atoms. The molecule has 1 fully saturated rings. The number of benzene rings is 1. The fraction of sp³-hybridized carbons (Fsp3) is 0.471. The summed E-state index contributed by atoms with van der Waals surface area (Å²) in [6.07, 6.45) is 5.03. The highest BCUT2D eigenvalue weighted by Crippen LogP contribution is 2.17. The molecular formula is C17H23NO2. The Morgan fingerprint density at radius 3 is 2.85 bits per heavy atom. The lowest BCUT2D eigenvalue weighted by molar-refractivity contribution is -0.137. The lowest BCUT2D eigenvalue weighted by atomic mass is 10.1. The predicted octanol–water partition coefficient (Wildman–Crippen LogP) is 3.16. The Bertz CT molecular complexity index is 453. The zero-order valence-electron chi connectivity index (χ0n) is 12.2. The van der Waals surface area contributed by atoms with Crippen LogP contribution in [0, 0.1) is 0 Å². The molecule has 1 aromatic rings. The molecule has 2 rings (SSSR count). The summed E-state index contributed by atoms with van der Waals surface area (Å²) in [4.78, 5) is 14.0. The van der Waals surface area contributed by atoms with E-state index in [1.165, 1.54) is 17.6 Å². The number of ether oxygens (including phenoxy) is 1. The molecular weight excluding hydrogens is 250 g/mol. The number of carbonyl (C=O) groups excluding carboxylic acids is 1. The topological polar surface area (TPSA) is 29.5 Å². The average Bonchev–Trinajstić information content (AvgIpc) is 2.65. The maximum Gasteiger partial charge on any atom is 0.330 e. The minimum atomic E-state index is -0.205. The first-order valence-corrected chi connectivity index (χ1v) is 7.40. The number of hydrogen-bond donors (Lipinski definition) is 0. The zero-order valence-corrected chi connectivity index (χ0v) is 12.2. The van der Waals surface area contributed by atoms with Gasteiger partial charge in [0.2, 0.25) is 0 Å². The fourth-order valence-corrected chi connectivity index (χ4v) is 2.58. The maximum absolute atomic E-state index is 11.6. The van der Waals surface area contributed by atoms with E-state index in [-0.39, 0.29) is 5.97 Å². The van der Waals surface area contributed by atoms with Crippen molar-refractivity contribution in [1.82, 2.24) is 4.90 Å². The lowest BCUT2D eigenvalue weighted by Crippen LogP contribution is -2.25. The maximum atomic E-state index is 11.6. The van der Waals surface area contributed by atoms with E-state index in [0.717, 1.165) is 32.5 Å². The molecule has 0 aliphatic carbocycles. The molecule has 0 N–H and O–H groups in total. The first kappa shape index (κ1) is 14.8. The molecule has 0 unspecified atom stereocenters. The molecule has 0 amide bonds. The Morgan fingerprint density at radius 2 is 2.10 bits per heavy atom. The van der Waals surface area contributed by atoms with Gasteiger partial charge in [-0.2, -0.15) is 0 Å². The summed E-state index contributed by atoms with van der Waals surface area (Å²) in [5.41, 5.74) is 2.52. The van der Waals surface area contributed by atoms with Crippen LogP contribution in [0.3, 0.4) is 0 Å². The quantitative estimate of drug-likeness (QED) is 0.623. The molecule has 0 aromatic heterocycles. The Morgan fingerprint density at radius 1 is 1.30 bits per heavy atom. The van der Waals surface area contributed by atoms with Crippen LogP contribution in [-0.2, 0) is 16.1 Å². The largest absolute Gasteiger partial charge is 0.463 e. The summed E-state index contributed by atoms with van der Waals surface area (Å²) in [5, 5.41) is 0. The fourth-order valence-electron chi connectivity index (χ4n) is 2.58. The molecule has 108 valence electrons. The van der Waals surface area contributed by atoms with E-state index in [4.69, 9.17) is 4.74 Å². The molecule has 3 heteroatoms. The molecule has 20 heavy (non-hydrogen) atoms. The van der Waals surface area contributed by atoms with Crippen molar-refractivity contribution in [3.8, 4) is 0 Å². The molecule has 0 bridgehead atoms. The first-order chi connectivity index (χ1) is 9.78. The van der Waals surface area contributed by atoms with Crippen LogP contribution < -0.4 is 0 Å². The van der Waals surface area contributed by atoms with Gasteiger partial charge in [0.15, 0.2) is 0 Å². The van der Waals surface area contributed by atoms with Gasteiger partial charge >= 0.3 is 5.97 Å². The SMILES string of the molecule is CCOC(=O)C=C1CCCCN(Cc2ccccc2)C1. The summed E-state index contributed by atoms with van der Waals surface area (Å²) in [7, 11) is 0. The second-order valence-corrected chi connectivity index (χ2v) is 5.21. The molecule has 1 aliphatic heterocycles. The molecule has 1 aromatic carbocycles. The highest BCUT2D eigenvalue weighted by molar-refractivity contribution is 5.82. The second-order valence-electron chi connectivity index (χ2n) is 5.21. The number of hydrogen-bond acceptors (Lipinski definition) is 3. The summed E-state index contributed by atoms with van der Waals surface area (Å²) in [5.74, 6) is -0.205. The van der Waals surface area contributed by atoms with E-state index in [1.54, 1.807) is 6.08 Å². The number of esters is 1. The molecule has 1 heterocycles.